The summed E-state index contributed by atoms with van der Waals surface area (Å²) in [7, 11) is 0. The molecule has 0 aromatic rings. The third-order valence-corrected chi connectivity index (χ3v) is 12.4. The zero-order valence-electron chi connectivity index (χ0n) is 41.4. The van der Waals surface area contributed by atoms with Gasteiger partial charge >= 0.3 is 5.97 Å². The van der Waals surface area contributed by atoms with Gasteiger partial charge in [0.25, 0.3) is 0 Å². The second-order valence-corrected chi connectivity index (χ2v) is 18.6. The summed E-state index contributed by atoms with van der Waals surface area (Å²) in [5, 5.41) is 23.1. The average molecular weight is 872 g/mol. The van der Waals surface area contributed by atoms with E-state index in [4.69, 9.17) is 4.74 Å². The quantitative estimate of drug-likeness (QED) is 0.0321. The number of amides is 1. The van der Waals surface area contributed by atoms with Crippen LogP contribution in [0.25, 0.3) is 0 Å². The van der Waals surface area contributed by atoms with Crippen LogP contribution in [0.5, 0.6) is 0 Å². The van der Waals surface area contributed by atoms with Gasteiger partial charge in [0.1, 0.15) is 0 Å². The Balaban J connectivity index is 3.45. The molecule has 0 saturated heterocycles. The van der Waals surface area contributed by atoms with Crippen molar-refractivity contribution in [1.29, 1.82) is 0 Å². The molecule has 0 radical (unpaired) electrons. The van der Waals surface area contributed by atoms with Crippen molar-refractivity contribution in [2.24, 2.45) is 0 Å². The topological polar surface area (TPSA) is 95.9 Å². The Morgan fingerprint density at radius 3 is 1.26 bits per heavy atom. The highest BCUT2D eigenvalue weighted by Crippen LogP contribution is 2.16. The first-order valence-corrected chi connectivity index (χ1v) is 27.2. The highest BCUT2D eigenvalue weighted by atomic mass is 16.5. The number of unbranched alkanes of at least 4 members (excludes halogenated alkanes) is 33. The fourth-order valence-electron chi connectivity index (χ4n) is 8.19. The molecule has 3 N–H and O–H groups in total. The molecule has 0 aliphatic carbocycles. The lowest BCUT2D eigenvalue weighted by molar-refractivity contribution is -0.143. The van der Waals surface area contributed by atoms with Gasteiger partial charge in [-0.1, -0.05) is 224 Å². The molecular formula is C56H105NO5. The summed E-state index contributed by atoms with van der Waals surface area (Å²) in [6.45, 7) is 4.90. The summed E-state index contributed by atoms with van der Waals surface area (Å²) in [5.41, 5.74) is 0. The Kier molecular flexibility index (Phi) is 50.1. The molecule has 0 spiro atoms. The van der Waals surface area contributed by atoms with Gasteiger partial charge in [-0.25, -0.2) is 0 Å². The van der Waals surface area contributed by atoms with Crippen LogP contribution < -0.4 is 5.32 Å². The van der Waals surface area contributed by atoms with Crippen molar-refractivity contribution in [3.8, 4) is 0 Å². The van der Waals surface area contributed by atoms with Crippen LogP contribution in [0.4, 0.5) is 0 Å². The molecule has 2 unspecified atom stereocenters. The second-order valence-electron chi connectivity index (χ2n) is 18.6. The van der Waals surface area contributed by atoms with Crippen LogP contribution in [0, 0.1) is 0 Å². The summed E-state index contributed by atoms with van der Waals surface area (Å²) in [6.07, 6.45) is 62.7. The smallest absolute Gasteiger partial charge is 0.305 e. The highest BCUT2D eigenvalue weighted by molar-refractivity contribution is 5.76. The standard InChI is InChI=1S/C56H105NO5/c1-3-5-7-9-11-13-15-16-17-23-26-30-34-38-42-46-50-56(61)62-51-47-43-39-35-31-27-24-21-19-18-20-22-25-29-33-37-41-45-49-55(60)57-53(52-58)54(59)48-44-40-36-32-28-14-12-10-8-6-4-2/h13,15,17,20,22-23,53-54,58-59H,3-12,14,16,18-19,21,24-52H2,1-2H3,(H,57,60)/b15-13-,22-20-,23-17-. The average Bonchev–Trinajstić information content (AvgIpc) is 3.27. The molecule has 0 fully saturated rings. The normalized spacial score (nSPS) is 12.9. The maximum absolute atomic E-state index is 12.4. The van der Waals surface area contributed by atoms with Gasteiger partial charge in [0.15, 0.2) is 0 Å². The fraction of sp³-hybridized carbons (Fsp3) is 0.857. The number of ether oxygens (including phenoxy) is 1. The van der Waals surface area contributed by atoms with Gasteiger partial charge in [-0.3, -0.25) is 9.59 Å². The van der Waals surface area contributed by atoms with Crippen molar-refractivity contribution in [2.45, 2.75) is 296 Å². The van der Waals surface area contributed by atoms with Crippen LogP contribution in [0.2, 0.25) is 0 Å². The first kappa shape index (κ1) is 60.1. The number of esters is 1. The highest BCUT2D eigenvalue weighted by Gasteiger charge is 2.20. The molecule has 2 atom stereocenters. The lowest BCUT2D eigenvalue weighted by Gasteiger charge is -2.22. The molecule has 1 amide bonds. The van der Waals surface area contributed by atoms with E-state index in [1.54, 1.807) is 0 Å². The Bertz CT molecular complexity index is 1010. The summed E-state index contributed by atoms with van der Waals surface area (Å²) in [6, 6.07) is -0.551. The van der Waals surface area contributed by atoms with E-state index in [2.05, 4.69) is 55.6 Å². The first-order valence-electron chi connectivity index (χ1n) is 27.2. The van der Waals surface area contributed by atoms with Crippen LogP contribution in [0.1, 0.15) is 284 Å². The Labute approximate surface area is 385 Å². The second kappa shape index (κ2) is 51.7. The molecule has 0 aromatic carbocycles. The van der Waals surface area contributed by atoms with Gasteiger partial charge in [-0.15, -0.1) is 0 Å². The van der Waals surface area contributed by atoms with Gasteiger partial charge < -0.3 is 20.3 Å². The van der Waals surface area contributed by atoms with E-state index in [0.29, 0.717) is 25.9 Å². The number of aliphatic hydroxyl groups excluding tert-OH is 2. The molecule has 364 valence electrons. The summed E-state index contributed by atoms with van der Waals surface area (Å²) < 4.78 is 5.47. The van der Waals surface area contributed by atoms with Gasteiger partial charge in [-0.05, 0) is 83.5 Å². The minimum atomic E-state index is -0.672. The number of nitrogens with one attached hydrogen (secondary N) is 1. The molecule has 0 aliphatic heterocycles. The first-order chi connectivity index (χ1) is 30.5. The predicted molar refractivity (Wildman–Crippen MR) is 269 cm³/mol. The number of aliphatic hydroxyl groups is 2. The van der Waals surface area contributed by atoms with E-state index in [1.807, 2.05) is 0 Å². The number of hydrogen-bond donors (Lipinski definition) is 3. The molecule has 0 bridgehead atoms. The molecule has 0 heterocycles. The number of carbonyl (C=O) groups is 2. The molecule has 6 heteroatoms. The predicted octanol–water partition coefficient (Wildman–Crippen LogP) is 16.5. The van der Waals surface area contributed by atoms with E-state index in [9.17, 15) is 19.8 Å². The molecule has 0 rings (SSSR count). The van der Waals surface area contributed by atoms with Crippen molar-refractivity contribution in [2.75, 3.05) is 13.2 Å². The molecule has 6 nitrogen and oxygen atoms in total. The van der Waals surface area contributed by atoms with Crippen LogP contribution in [0.15, 0.2) is 36.5 Å². The molecule has 62 heavy (non-hydrogen) atoms. The monoisotopic (exact) mass is 872 g/mol. The third kappa shape index (κ3) is 47.6. The Morgan fingerprint density at radius 2 is 0.806 bits per heavy atom. The summed E-state index contributed by atoms with van der Waals surface area (Å²) in [5.74, 6) is -0.0623. The van der Waals surface area contributed by atoms with E-state index in [1.165, 1.54) is 180 Å². The van der Waals surface area contributed by atoms with E-state index in [0.717, 1.165) is 70.6 Å². The summed E-state index contributed by atoms with van der Waals surface area (Å²) >= 11 is 0. The van der Waals surface area contributed by atoms with Crippen molar-refractivity contribution in [3.63, 3.8) is 0 Å². The molecule has 0 saturated carbocycles. The van der Waals surface area contributed by atoms with Gasteiger partial charge in [0.2, 0.25) is 5.91 Å². The van der Waals surface area contributed by atoms with Gasteiger partial charge in [0.05, 0.1) is 25.4 Å². The van der Waals surface area contributed by atoms with Crippen LogP contribution >= 0.6 is 0 Å². The van der Waals surface area contributed by atoms with Crippen LogP contribution in [-0.4, -0.2) is 47.4 Å². The van der Waals surface area contributed by atoms with Gasteiger partial charge in [0, 0.05) is 12.8 Å². The molecule has 0 aromatic heterocycles. The van der Waals surface area contributed by atoms with Crippen molar-refractivity contribution < 1.29 is 24.5 Å². The van der Waals surface area contributed by atoms with Crippen LogP contribution in [0.3, 0.4) is 0 Å². The lowest BCUT2D eigenvalue weighted by Crippen LogP contribution is -2.45. The largest absolute Gasteiger partial charge is 0.466 e. The molecular weight excluding hydrogens is 767 g/mol. The SMILES string of the molecule is CCCCCC/C=C\C/C=C\CCCCCCCC(=O)OCCCCCCCCCCC/C=C\CCCCCCCC(=O)NC(CO)C(O)CCCCCCCCCCCCC. The van der Waals surface area contributed by atoms with Crippen LogP contribution in [-0.2, 0) is 14.3 Å². The Morgan fingerprint density at radius 1 is 0.452 bits per heavy atom. The fourth-order valence-corrected chi connectivity index (χ4v) is 8.19. The van der Waals surface area contributed by atoms with Gasteiger partial charge in [-0.2, -0.15) is 0 Å². The maximum Gasteiger partial charge on any atom is 0.305 e. The number of rotatable bonds is 50. The maximum atomic E-state index is 12.4. The lowest BCUT2D eigenvalue weighted by atomic mass is 10.0. The minimum absolute atomic E-state index is 0.0110. The minimum Gasteiger partial charge on any atom is -0.466 e. The Hall–Kier alpha value is -1.92. The van der Waals surface area contributed by atoms with E-state index < -0.39 is 12.1 Å². The zero-order chi connectivity index (χ0) is 45.1. The van der Waals surface area contributed by atoms with E-state index in [-0.39, 0.29) is 18.5 Å². The van der Waals surface area contributed by atoms with E-state index >= 15 is 0 Å². The summed E-state index contributed by atoms with van der Waals surface area (Å²) in [4.78, 5) is 24.5. The number of allylic oxidation sites excluding steroid dienone is 6. The third-order valence-electron chi connectivity index (χ3n) is 12.4. The molecule has 0 aliphatic rings. The number of hydrogen-bond acceptors (Lipinski definition) is 5. The zero-order valence-corrected chi connectivity index (χ0v) is 41.4. The van der Waals surface area contributed by atoms with Crippen molar-refractivity contribution >= 4 is 11.9 Å². The van der Waals surface area contributed by atoms with Crippen molar-refractivity contribution in [3.05, 3.63) is 36.5 Å². The van der Waals surface area contributed by atoms with Crippen molar-refractivity contribution in [1.82, 2.24) is 5.32 Å². The number of carbonyl (C=O) groups excluding carboxylic acids is 2.